The molecule has 0 saturated carbocycles. The zero-order chi connectivity index (χ0) is 25.4. The number of fused-ring (bicyclic) bond motifs is 2. The van der Waals surface area contributed by atoms with Crippen molar-refractivity contribution in [3.05, 3.63) is 112 Å². The van der Waals surface area contributed by atoms with Crippen LogP contribution in [0.3, 0.4) is 0 Å². The largest absolute Gasteiger partial charge is 0.504 e. The summed E-state index contributed by atoms with van der Waals surface area (Å²) in [5, 5.41) is 42.5. The molecule has 36 heavy (non-hydrogen) atoms. The number of aromatic hydroxyl groups is 2. The molecule has 0 radical (unpaired) electrons. The Morgan fingerprint density at radius 1 is 0.694 bits per heavy atom. The fourth-order valence-corrected chi connectivity index (χ4v) is 4.45. The van der Waals surface area contributed by atoms with Crippen molar-refractivity contribution < 1.29 is 19.8 Å². The smallest absolute Gasteiger partial charge is 0.233 e. The van der Waals surface area contributed by atoms with E-state index in [9.17, 15) is 30.3 Å². The minimum Gasteiger partial charge on any atom is -0.504 e. The van der Waals surface area contributed by atoms with E-state index in [1.54, 1.807) is 72.8 Å². The summed E-state index contributed by atoms with van der Waals surface area (Å²) in [7, 11) is 0. The SMILES string of the molecule is N#CC(C1=CC(=O)C(=O)c2ccccc21)=c1ccc(=C(C#N)c2cc(O)c(O)c3ccccc23)cc1. The molecule has 4 aromatic carbocycles. The van der Waals surface area contributed by atoms with Gasteiger partial charge in [0.1, 0.15) is 12.1 Å². The van der Waals surface area contributed by atoms with E-state index in [1.807, 2.05) is 0 Å². The van der Waals surface area contributed by atoms with Crippen LogP contribution in [-0.2, 0) is 4.79 Å². The Morgan fingerprint density at radius 3 is 1.89 bits per heavy atom. The van der Waals surface area contributed by atoms with Crippen LogP contribution in [0.2, 0.25) is 0 Å². The number of phenolic OH excluding ortho intramolecular Hbond substituents is 2. The number of carbonyl (C=O) groups is 2. The van der Waals surface area contributed by atoms with Crippen LogP contribution < -0.4 is 10.4 Å². The predicted molar refractivity (Wildman–Crippen MR) is 134 cm³/mol. The van der Waals surface area contributed by atoms with E-state index in [0.29, 0.717) is 37.9 Å². The molecule has 6 heteroatoms. The first-order valence-electron chi connectivity index (χ1n) is 10.9. The third-order valence-electron chi connectivity index (χ3n) is 6.18. The highest BCUT2D eigenvalue weighted by Gasteiger charge is 2.27. The van der Waals surface area contributed by atoms with Gasteiger partial charge in [0.05, 0.1) is 11.1 Å². The number of phenols is 2. The predicted octanol–water partition coefficient (Wildman–Crippen LogP) is 3.50. The van der Waals surface area contributed by atoms with Crippen LogP contribution in [0.25, 0.3) is 27.5 Å². The van der Waals surface area contributed by atoms with Gasteiger partial charge in [-0.2, -0.15) is 10.5 Å². The number of benzene rings is 4. The summed E-state index contributed by atoms with van der Waals surface area (Å²) in [5.74, 6) is -1.90. The molecule has 0 heterocycles. The monoisotopic (exact) mass is 468 g/mol. The summed E-state index contributed by atoms with van der Waals surface area (Å²) in [4.78, 5) is 24.6. The maximum atomic E-state index is 12.3. The molecule has 0 aromatic heterocycles. The third kappa shape index (κ3) is 3.51. The number of hydrogen-bond donors (Lipinski definition) is 2. The lowest BCUT2D eigenvalue weighted by Crippen LogP contribution is -2.20. The van der Waals surface area contributed by atoms with Gasteiger partial charge < -0.3 is 10.2 Å². The molecular formula is C30H16N2O4. The number of Topliss-reactive ketones (excluding diaryl/α,β-unsaturated/α-hetero) is 1. The summed E-state index contributed by atoms with van der Waals surface area (Å²) in [6.07, 6.45) is 1.19. The van der Waals surface area contributed by atoms with E-state index in [0.717, 1.165) is 0 Å². The Hall–Kier alpha value is -5.46. The number of nitriles is 2. The van der Waals surface area contributed by atoms with Crippen LogP contribution in [0.5, 0.6) is 11.5 Å². The number of rotatable bonds is 2. The molecule has 0 bridgehead atoms. The molecule has 0 saturated heterocycles. The van der Waals surface area contributed by atoms with Gasteiger partial charge >= 0.3 is 0 Å². The quantitative estimate of drug-likeness (QED) is 0.343. The fraction of sp³-hybridized carbons (Fsp3) is 0. The number of nitrogens with zero attached hydrogens (tertiary/aromatic N) is 2. The van der Waals surface area contributed by atoms with Gasteiger partial charge in [0.2, 0.25) is 11.6 Å². The van der Waals surface area contributed by atoms with Crippen molar-refractivity contribution in [1.29, 1.82) is 10.5 Å². The Labute approximate surface area is 205 Å². The van der Waals surface area contributed by atoms with Crippen molar-refractivity contribution in [2.45, 2.75) is 0 Å². The Balaban J connectivity index is 1.73. The minimum atomic E-state index is -0.688. The molecule has 0 amide bonds. The highest BCUT2D eigenvalue weighted by Crippen LogP contribution is 2.38. The van der Waals surface area contributed by atoms with E-state index in [2.05, 4.69) is 12.1 Å². The van der Waals surface area contributed by atoms with Crippen LogP contribution in [0.4, 0.5) is 0 Å². The molecule has 2 N–H and O–H groups in total. The summed E-state index contributed by atoms with van der Waals surface area (Å²) < 4.78 is 0. The second-order valence-electron chi connectivity index (χ2n) is 8.19. The van der Waals surface area contributed by atoms with Crippen LogP contribution in [0, 0.1) is 22.7 Å². The van der Waals surface area contributed by atoms with Gasteiger partial charge in [-0.25, -0.2) is 0 Å². The van der Waals surface area contributed by atoms with Crippen LogP contribution >= 0.6 is 0 Å². The Kier molecular flexibility index (Phi) is 5.41. The van der Waals surface area contributed by atoms with E-state index in [-0.39, 0.29) is 28.2 Å². The molecular weight excluding hydrogens is 452 g/mol. The number of allylic oxidation sites excluding steroid dienone is 2. The fourth-order valence-electron chi connectivity index (χ4n) is 4.45. The maximum Gasteiger partial charge on any atom is 0.233 e. The maximum absolute atomic E-state index is 12.3. The van der Waals surface area contributed by atoms with E-state index < -0.39 is 11.6 Å². The molecule has 5 rings (SSSR count). The summed E-state index contributed by atoms with van der Waals surface area (Å²) in [6.45, 7) is 0. The van der Waals surface area contributed by atoms with Crippen molar-refractivity contribution in [3.8, 4) is 23.6 Å². The molecule has 0 spiro atoms. The number of carbonyl (C=O) groups excluding carboxylic acids is 2. The highest BCUT2D eigenvalue weighted by atomic mass is 16.3. The molecule has 170 valence electrons. The second kappa shape index (κ2) is 8.72. The lowest BCUT2D eigenvalue weighted by atomic mass is 9.85. The highest BCUT2D eigenvalue weighted by molar-refractivity contribution is 6.51. The average Bonchev–Trinajstić information content (AvgIpc) is 2.91. The van der Waals surface area contributed by atoms with Gasteiger partial charge in [0.25, 0.3) is 0 Å². The van der Waals surface area contributed by atoms with Crippen LogP contribution in [0.1, 0.15) is 21.5 Å². The van der Waals surface area contributed by atoms with Crippen LogP contribution in [0.15, 0.2) is 84.9 Å². The van der Waals surface area contributed by atoms with E-state index in [4.69, 9.17) is 0 Å². The van der Waals surface area contributed by atoms with Crippen molar-refractivity contribution in [3.63, 3.8) is 0 Å². The van der Waals surface area contributed by atoms with E-state index >= 15 is 0 Å². The molecule has 1 aliphatic rings. The summed E-state index contributed by atoms with van der Waals surface area (Å²) in [5.41, 5.74) is 2.08. The topological polar surface area (TPSA) is 122 Å². The molecule has 0 fully saturated rings. The van der Waals surface area contributed by atoms with Crippen LogP contribution in [-0.4, -0.2) is 21.8 Å². The van der Waals surface area contributed by atoms with Gasteiger partial charge in [0.15, 0.2) is 11.5 Å². The van der Waals surface area contributed by atoms with Gasteiger partial charge in [-0.1, -0.05) is 72.8 Å². The Morgan fingerprint density at radius 2 is 1.25 bits per heavy atom. The van der Waals surface area contributed by atoms with Crippen molar-refractivity contribution in [2.24, 2.45) is 0 Å². The molecule has 0 aliphatic heterocycles. The van der Waals surface area contributed by atoms with Gasteiger partial charge in [-0.3, -0.25) is 9.59 Å². The van der Waals surface area contributed by atoms with E-state index in [1.165, 1.54) is 12.1 Å². The first-order chi connectivity index (χ1) is 17.4. The first-order valence-corrected chi connectivity index (χ1v) is 10.9. The van der Waals surface area contributed by atoms with Gasteiger partial charge in [-0.15, -0.1) is 0 Å². The lowest BCUT2D eigenvalue weighted by molar-refractivity contribution is -0.110. The Bertz CT molecular complexity index is 1840. The summed E-state index contributed by atoms with van der Waals surface area (Å²) >= 11 is 0. The minimum absolute atomic E-state index is 0.223. The zero-order valence-electron chi connectivity index (χ0n) is 18.7. The second-order valence-corrected chi connectivity index (χ2v) is 8.19. The molecule has 0 unspecified atom stereocenters. The first kappa shape index (κ1) is 22.3. The molecule has 1 aliphatic carbocycles. The molecule has 6 nitrogen and oxygen atoms in total. The molecule has 4 aromatic rings. The molecule has 0 atom stereocenters. The summed E-state index contributed by atoms with van der Waals surface area (Å²) in [6, 6.07) is 25.9. The normalized spacial score (nSPS) is 12.3. The number of hydrogen-bond acceptors (Lipinski definition) is 6. The zero-order valence-corrected chi connectivity index (χ0v) is 18.7. The van der Waals surface area contributed by atoms with Crippen molar-refractivity contribution >= 4 is 39.1 Å². The average molecular weight is 468 g/mol. The third-order valence-corrected chi connectivity index (χ3v) is 6.18. The van der Waals surface area contributed by atoms with Crippen molar-refractivity contribution in [1.82, 2.24) is 0 Å². The lowest BCUT2D eigenvalue weighted by Gasteiger charge is -2.15. The van der Waals surface area contributed by atoms with Gasteiger partial charge in [0, 0.05) is 22.1 Å². The van der Waals surface area contributed by atoms with Gasteiger partial charge in [-0.05, 0) is 33.5 Å². The number of ketones is 2. The van der Waals surface area contributed by atoms with Crippen molar-refractivity contribution in [2.75, 3.05) is 0 Å². The standard InChI is InChI=1S/C30H16N2O4/c31-15-25(23-13-27(33)29(35)21-7-3-1-5-19(21)23)17-9-11-18(12-10-17)26(16-32)24-14-28(34)30(36)22-8-4-2-6-20(22)24/h1-14,33,35H.